The standard InChI is InChI=1S/C28H30O3S/c1-7-11-21-14-18(2)24(19(3)15-21)25-23(31-27(30)32-28(4,5)6)17-22(26(25)29)16-20-12-9-8-10-13-20/h8-10,12-15,22H,16-17H2,1-6H3. The van der Waals surface area contributed by atoms with Crippen LogP contribution in [0.25, 0.3) is 5.57 Å². The van der Waals surface area contributed by atoms with Crippen molar-refractivity contribution in [3.63, 3.8) is 0 Å². The summed E-state index contributed by atoms with van der Waals surface area (Å²) in [5.41, 5.74) is 5.34. The number of hydrogen-bond acceptors (Lipinski definition) is 4. The first-order chi connectivity index (χ1) is 15.1. The molecule has 0 N–H and O–H groups in total. The fraction of sp³-hybridized carbons (Fsp3) is 0.357. The van der Waals surface area contributed by atoms with Crippen LogP contribution in [-0.4, -0.2) is 15.8 Å². The van der Waals surface area contributed by atoms with E-state index in [4.69, 9.17) is 4.74 Å². The van der Waals surface area contributed by atoms with Gasteiger partial charge in [-0.05, 0) is 73.3 Å². The zero-order valence-corrected chi connectivity index (χ0v) is 20.5. The molecule has 0 spiro atoms. The van der Waals surface area contributed by atoms with Crippen molar-refractivity contribution in [2.45, 2.75) is 59.1 Å². The molecule has 0 aromatic heterocycles. The van der Waals surface area contributed by atoms with E-state index in [0.29, 0.717) is 24.2 Å². The summed E-state index contributed by atoms with van der Waals surface area (Å²) in [6.07, 6.45) is 1.04. The Morgan fingerprint density at radius 1 is 1.12 bits per heavy atom. The van der Waals surface area contributed by atoms with E-state index < -0.39 is 0 Å². The van der Waals surface area contributed by atoms with E-state index in [2.05, 4.69) is 11.8 Å². The molecule has 2 aromatic rings. The molecule has 0 fully saturated rings. The number of ether oxygens (including phenoxy) is 1. The van der Waals surface area contributed by atoms with Gasteiger partial charge in [-0.25, -0.2) is 4.79 Å². The lowest BCUT2D eigenvalue weighted by Gasteiger charge is -2.17. The summed E-state index contributed by atoms with van der Waals surface area (Å²) in [6.45, 7) is 11.7. The Balaban J connectivity index is 2.02. The summed E-state index contributed by atoms with van der Waals surface area (Å²) in [4.78, 5) is 26.3. The first kappa shape index (κ1) is 23.9. The van der Waals surface area contributed by atoms with Crippen LogP contribution in [0.2, 0.25) is 0 Å². The van der Waals surface area contributed by atoms with Crippen LogP contribution in [0.1, 0.15) is 61.9 Å². The van der Waals surface area contributed by atoms with E-state index in [-0.39, 0.29) is 21.7 Å². The van der Waals surface area contributed by atoms with E-state index in [1.807, 2.05) is 77.1 Å². The number of Topliss-reactive ketones (excluding diaryl/α,β-unsaturated/α-hetero) is 1. The topological polar surface area (TPSA) is 43.4 Å². The molecule has 3 nitrogen and oxygen atoms in total. The Labute approximate surface area is 195 Å². The lowest BCUT2D eigenvalue weighted by Crippen LogP contribution is -2.13. The number of aryl methyl sites for hydroxylation is 2. The molecule has 0 heterocycles. The van der Waals surface area contributed by atoms with Crippen molar-refractivity contribution in [2.75, 3.05) is 0 Å². The molecule has 0 saturated carbocycles. The maximum absolute atomic E-state index is 13.6. The molecule has 1 aliphatic rings. The van der Waals surface area contributed by atoms with Crippen molar-refractivity contribution in [1.82, 2.24) is 0 Å². The highest BCUT2D eigenvalue weighted by Gasteiger charge is 2.38. The van der Waals surface area contributed by atoms with Gasteiger partial charge in [0.05, 0.1) is 5.57 Å². The van der Waals surface area contributed by atoms with Gasteiger partial charge in [-0.2, -0.15) is 0 Å². The molecular formula is C28H30O3S. The largest absolute Gasteiger partial charge is 0.422 e. The Morgan fingerprint density at radius 2 is 1.75 bits per heavy atom. The quantitative estimate of drug-likeness (QED) is 0.379. The molecule has 0 aliphatic heterocycles. The Bertz CT molecular complexity index is 1100. The van der Waals surface area contributed by atoms with E-state index in [9.17, 15) is 9.59 Å². The molecule has 0 radical (unpaired) electrons. The number of ketones is 1. The predicted molar refractivity (Wildman–Crippen MR) is 132 cm³/mol. The number of carbonyl (C=O) groups is 2. The van der Waals surface area contributed by atoms with Crippen LogP contribution in [-0.2, 0) is 16.0 Å². The van der Waals surface area contributed by atoms with E-state index in [1.54, 1.807) is 6.92 Å². The summed E-state index contributed by atoms with van der Waals surface area (Å²) >= 11 is 1.14. The summed E-state index contributed by atoms with van der Waals surface area (Å²) in [7, 11) is 0. The predicted octanol–water partition coefficient (Wildman–Crippen LogP) is 6.89. The summed E-state index contributed by atoms with van der Waals surface area (Å²) < 4.78 is 5.57. The Hall–Kier alpha value is -2.77. The van der Waals surface area contributed by atoms with Crippen LogP contribution in [0.15, 0.2) is 48.2 Å². The third-order valence-corrected chi connectivity index (χ3v) is 6.16. The molecule has 1 atom stereocenters. The lowest BCUT2D eigenvalue weighted by atomic mass is 9.89. The fourth-order valence-corrected chi connectivity index (χ4v) is 4.77. The summed E-state index contributed by atoms with van der Waals surface area (Å²) in [5.74, 6) is 6.29. The van der Waals surface area contributed by atoms with Gasteiger partial charge in [-0.1, -0.05) is 57.0 Å². The van der Waals surface area contributed by atoms with Gasteiger partial charge in [-0.15, -0.1) is 5.92 Å². The summed E-state index contributed by atoms with van der Waals surface area (Å²) in [5, 5.41) is -0.373. The highest BCUT2D eigenvalue weighted by atomic mass is 32.2. The van der Waals surface area contributed by atoms with Gasteiger partial charge in [0.15, 0.2) is 5.78 Å². The van der Waals surface area contributed by atoms with Crippen LogP contribution in [0.4, 0.5) is 4.79 Å². The van der Waals surface area contributed by atoms with Gasteiger partial charge < -0.3 is 4.74 Å². The second-order valence-electron chi connectivity index (χ2n) is 9.18. The molecule has 4 heteroatoms. The number of carbonyl (C=O) groups excluding carboxylic acids is 2. The first-order valence-electron chi connectivity index (χ1n) is 10.9. The monoisotopic (exact) mass is 446 g/mol. The molecule has 0 saturated heterocycles. The van der Waals surface area contributed by atoms with Crippen molar-refractivity contribution in [2.24, 2.45) is 5.92 Å². The highest BCUT2D eigenvalue weighted by molar-refractivity contribution is 8.14. The lowest BCUT2D eigenvalue weighted by molar-refractivity contribution is -0.116. The van der Waals surface area contributed by atoms with E-state index in [1.165, 1.54) is 0 Å². The number of thioether (sulfide) groups is 1. The van der Waals surface area contributed by atoms with Crippen molar-refractivity contribution in [3.8, 4) is 11.8 Å². The molecule has 1 unspecified atom stereocenters. The van der Waals surface area contributed by atoms with Crippen LogP contribution < -0.4 is 0 Å². The minimum atomic E-state index is -0.373. The maximum atomic E-state index is 13.6. The van der Waals surface area contributed by atoms with Gasteiger partial charge >= 0.3 is 5.30 Å². The second-order valence-corrected chi connectivity index (χ2v) is 10.9. The molecule has 32 heavy (non-hydrogen) atoms. The van der Waals surface area contributed by atoms with Crippen molar-refractivity contribution < 1.29 is 14.3 Å². The minimum absolute atomic E-state index is 0.0398. The van der Waals surface area contributed by atoms with E-state index >= 15 is 0 Å². The zero-order chi connectivity index (χ0) is 23.5. The number of allylic oxidation sites excluding steroid dienone is 2. The molecule has 0 amide bonds. The molecule has 166 valence electrons. The molecule has 3 rings (SSSR count). The summed E-state index contributed by atoms with van der Waals surface area (Å²) in [6, 6.07) is 14.0. The van der Waals surface area contributed by atoms with Crippen LogP contribution >= 0.6 is 11.8 Å². The van der Waals surface area contributed by atoms with Crippen molar-refractivity contribution in [3.05, 3.63) is 76.0 Å². The third-order valence-electron chi connectivity index (χ3n) is 5.30. The highest BCUT2D eigenvalue weighted by Crippen LogP contribution is 2.41. The van der Waals surface area contributed by atoms with Gasteiger partial charge in [-0.3, -0.25) is 4.79 Å². The van der Waals surface area contributed by atoms with Gasteiger partial charge in [0, 0.05) is 22.6 Å². The van der Waals surface area contributed by atoms with Gasteiger partial charge in [0.1, 0.15) is 5.76 Å². The second kappa shape index (κ2) is 9.79. The molecule has 0 bridgehead atoms. The Kier molecular flexibility index (Phi) is 7.31. The Morgan fingerprint density at radius 3 is 2.31 bits per heavy atom. The van der Waals surface area contributed by atoms with Crippen LogP contribution in [0, 0.1) is 31.6 Å². The molecule has 1 aliphatic carbocycles. The number of benzene rings is 2. The maximum Gasteiger partial charge on any atom is 0.372 e. The first-order valence-corrected chi connectivity index (χ1v) is 11.7. The number of hydrogen-bond donors (Lipinski definition) is 0. The normalized spacial score (nSPS) is 16.1. The van der Waals surface area contributed by atoms with Crippen molar-refractivity contribution in [1.29, 1.82) is 0 Å². The van der Waals surface area contributed by atoms with Gasteiger partial charge in [0.2, 0.25) is 0 Å². The van der Waals surface area contributed by atoms with Crippen molar-refractivity contribution >= 4 is 28.4 Å². The smallest absolute Gasteiger partial charge is 0.372 e. The average molecular weight is 447 g/mol. The molecular weight excluding hydrogens is 416 g/mol. The van der Waals surface area contributed by atoms with E-state index in [0.717, 1.165) is 39.6 Å². The minimum Gasteiger partial charge on any atom is -0.422 e. The van der Waals surface area contributed by atoms with Crippen LogP contribution in [0.3, 0.4) is 0 Å². The molecule has 2 aromatic carbocycles. The SMILES string of the molecule is CC#Cc1cc(C)c(C2=C(OC(=O)SC(C)(C)C)CC(Cc3ccccc3)C2=O)c(C)c1. The number of rotatable bonds is 4. The fourth-order valence-electron chi connectivity index (χ4n) is 4.12. The zero-order valence-electron chi connectivity index (χ0n) is 19.7. The average Bonchev–Trinajstić information content (AvgIpc) is 2.96. The van der Waals surface area contributed by atoms with Crippen LogP contribution in [0.5, 0.6) is 0 Å². The van der Waals surface area contributed by atoms with Gasteiger partial charge in [0.25, 0.3) is 0 Å². The third kappa shape index (κ3) is 5.72.